The zero-order valence-corrected chi connectivity index (χ0v) is 12.6. The van der Waals surface area contributed by atoms with E-state index in [4.69, 9.17) is 4.74 Å². The van der Waals surface area contributed by atoms with Crippen LogP contribution in [0.4, 0.5) is 4.39 Å². The highest BCUT2D eigenvalue weighted by Crippen LogP contribution is 2.18. The van der Waals surface area contributed by atoms with Crippen molar-refractivity contribution < 1.29 is 13.9 Å². The number of benzene rings is 1. The molecule has 1 aliphatic rings. The largest absolute Gasteiger partial charge is 0.379 e. The average molecular weight is 294 g/mol. The summed E-state index contributed by atoms with van der Waals surface area (Å²) in [4.78, 5) is 12.4. The van der Waals surface area contributed by atoms with Gasteiger partial charge in [-0.25, -0.2) is 4.39 Å². The van der Waals surface area contributed by atoms with E-state index in [1.165, 1.54) is 12.1 Å². The second-order valence-electron chi connectivity index (χ2n) is 5.49. The predicted molar refractivity (Wildman–Crippen MR) is 79.3 cm³/mol. The summed E-state index contributed by atoms with van der Waals surface area (Å²) < 4.78 is 18.3. The number of hydrogen-bond donors (Lipinski definition) is 2. The van der Waals surface area contributed by atoms with Crippen LogP contribution in [-0.4, -0.2) is 31.7 Å². The molecule has 2 rings (SSSR count). The smallest absolute Gasteiger partial charge is 0.227 e. The number of hydrogen-bond acceptors (Lipinski definition) is 3. The van der Waals surface area contributed by atoms with E-state index in [2.05, 4.69) is 17.6 Å². The Labute approximate surface area is 125 Å². The summed E-state index contributed by atoms with van der Waals surface area (Å²) in [6, 6.07) is 6.12. The summed E-state index contributed by atoms with van der Waals surface area (Å²) in [6.07, 6.45) is 1.02. The van der Waals surface area contributed by atoms with Gasteiger partial charge in [-0.3, -0.25) is 4.79 Å². The van der Waals surface area contributed by atoms with Crippen LogP contribution in [-0.2, 0) is 9.53 Å². The first-order valence-corrected chi connectivity index (χ1v) is 7.48. The highest BCUT2D eigenvalue weighted by atomic mass is 19.1. The van der Waals surface area contributed by atoms with Gasteiger partial charge in [0.15, 0.2) is 0 Å². The van der Waals surface area contributed by atoms with Crippen molar-refractivity contribution >= 4 is 5.91 Å². The van der Waals surface area contributed by atoms with Crippen LogP contribution in [0.5, 0.6) is 0 Å². The number of rotatable bonds is 6. The van der Waals surface area contributed by atoms with Crippen molar-refractivity contribution in [2.75, 3.05) is 19.8 Å². The van der Waals surface area contributed by atoms with E-state index in [9.17, 15) is 9.18 Å². The fourth-order valence-electron chi connectivity index (χ4n) is 2.50. The Kier molecular flexibility index (Phi) is 5.70. The molecule has 1 heterocycles. The molecule has 0 aliphatic carbocycles. The summed E-state index contributed by atoms with van der Waals surface area (Å²) in [6.45, 7) is 5.89. The van der Waals surface area contributed by atoms with Gasteiger partial charge in [-0.2, -0.15) is 0 Å². The third-order valence-electron chi connectivity index (χ3n) is 3.80. The summed E-state index contributed by atoms with van der Waals surface area (Å²) in [5, 5.41) is 6.33. The first kappa shape index (κ1) is 15.9. The molecule has 4 nitrogen and oxygen atoms in total. The molecule has 0 spiro atoms. The second kappa shape index (κ2) is 7.52. The van der Waals surface area contributed by atoms with E-state index >= 15 is 0 Å². The minimum atomic E-state index is -0.273. The fraction of sp³-hybridized carbons (Fsp3) is 0.562. The zero-order valence-electron chi connectivity index (χ0n) is 12.6. The topological polar surface area (TPSA) is 50.4 Å². The lowest BCUT2D eigenvalue weighted by Crippen LogP contribution is -2.44. The molecule has 3 atom stereocenters. The zero-order chi connectivity index (χ0) is 15.2. The van der Waals surface area contributed by atoms with Gasteiger partial charge in [0.05, 0.1) is 25.2 Å². The molecule has 1 aliphatic heterocycles. The van der Waals surface area contributed by atoms with Crippen LogP contribution >= 0.6 is 0 Å². The Hall–Kier alpha value is -1.46. The van der Waals surface area contributed by atoms with Gasteiger partial charge in [0, 0.05) is 6.04 Å². The van der Waals surface area contributed by atoms with Gasteiger partial charge in [-0.15, -0.1) is 0 Å². The molecule has 2 N–H and O–H groups in total. The number of ether oxygens (including phenoxy) is 1. The Morgan fingerprint density at radius 3 is 2.76 bits per heavy atom. The maximum Gasteiger partial charge on any atom is 0.227 e. The highest BCUT2D eigenvalue weighted by Gasteiger charge is 2.34. The van der Waals surface area contributed by atoms with E-state index in [0.29, 0.717) is 13.2 Å². The van der Waals surface area contributed by atoms with Gasteiger partial charge in [-0.05, 0) is 37.6 Å². The first-order chi connectivity index (χ1) is 10.1. The van der Waals surface area contributed by atoms with Gasteiger partial charge in [-0.1, -0.05) is 19.1 Å². The SMILES string of the molecule is CCCNC1COCC1C(=O)N[C@@H](C)c1ccc(F)cc1. The third-order valence-corrected chi connectivity index (χ3v) is 3.80. The maximum atomic E-state index is 12.9. The number of carbonyl (C=O) groups excluding carboxylic acids is 1. The number of nitrogens with one attached hydrogen (secondary N) is 2. The van der Waals surface area contributed by atoms with Crippen LogP contribution in [0.25, 0.3) is 0 Å². The molecular weight excluding hydrogens is 271 g/mol. The minimum Gasteiger partial charge on any atom is -0.379 e. The molecule has 2 unspecified atom stereocenters. The van der Waals surface area contributed by atoms with Crippen molar-refractivity contribution in [2.24, 2.45) is 5.92 Å². The van der Waals surface area contributed by atoms with Gasteiger partial charge >= 0.3 is 0 Å². The van der Waals surface area contributed by atoms with E-state index in [1.54, 1.807) is 12.1 Å². The number of carbonyl (C=O) groups is 1. The lowest BCUT2D eigenvalue weighted by atomic mass is 10.0. The van der Waals surface area contributed by atoms with E-state index in [0.717, 1.165) is 18.5 Å². The van der Waals surface area contributed by atoms with Crippen LogP contribution in [0, 0.1) is 11.7 Å². The quantitative estimate of drug-likeness (QED) is 0.844. The average Bonchev–Trinajstić information content (AvgIpc) is 2.94. The number of amides is 1. The van der Waals surface area contributed by atoms with Crippen LogP contribution in [0.2, 0.25) is 0 Å². The molecule has 0 bridgehead atoms. The van der Waals surface area contributed by atoms with Crippen LogP contribution < -0.4 is 10.6 Å². The Morgan fingerprint density at radius 2 is 2.10 bits per heavy atom. The monoisotopic (exact) mass is 294 g/mol. The lowest BCUT2D eigenvalue weighted by molar-refractivity contribution is -0.126. The molecule has 0 saturated carbocycles. The molecular formula is C16H23FN2O2. The van der Waals surface area contributed by atoms with Crippen molar-refractivity contribution in [3.63, 3.8) is 0 Å². The highest BCUT2D eigenvalue weighted by molar-refractivity contribution is 5.80. The van der Waals surface area contributed by atoms with Crippen LogP contribution in [0.1, 0.15) is 31.9 Å². The standard InChI is InChI=1S/C16H23FN2O2/c1-3-8-18-15-10-21-9-14(15)16(20)19-11(2)12-4-6-13(17)7-5-12/h4-7,11,14-15,18H,3,8-10H2,1-2H3,(H,19,20)/t11-,14?,15?/m0/s1. The van der Waals surface area contributed by atoms with Gasteiger partial charge < -0.3 is 15.4 Å². The molecule has 0 radical (unpaired) electrons. The summed E-state index contributed by atoms with van der Waals surface area (Å²) in [7, 11) is 0. The van der Waals surface area contributed by atoms with Crippen molar-refractivity contribution in [2.45, 2.75) is 32.4 Å². The molecule has 21 heavy (non-hydrogen) atoms. The maximum absolute atomic E-state index is 12.9. The van der Waals surface area contributed by atoms with Crippen molar-refractivity contribution in [1.29, 1.82) is 0 Å². The molecule has 1 amide bonds. The Balaban J connectivity index is 1.92. The molecule has 1 aromatic carbocycles. The molecule has 1 saturated heterocycles. The number of halogens is 1. The van der Waals surface area contributed by atoms with Crippen LogP contribution in [0.3, 0.4) is 0 Å². The Bertz CT molecular complexity index is 464. The third kappa shape index (κ3) is 4.25. The van der Waals surface area contributed by atoms with E-state index < -0.39 is 0 Å². The summed E-state index contributed by atoms with van der Waals surface area (Å²) >= 11 is 0. The van der Waals surface area contributed by atoms with Gasteiger partial charge in [0.2, 0.25) is 5.91 Å². The summed E-state index contributed by atoms with van der Waals surface area (Å²) in [5.74, 6) is -0.456. The molecule has 116 valence electrons. The summed E-state index contributed by atoms with van der Waals surface area (Å²) in [5.41, 5.74) is 0.890. The molecule has 5 heteroatoms. The van der Waals surface area contributed by atoms with Crippen molar-refractivity contribution in [1.82, 2.24) is 10.6 Å². The minimum absolute atomic E-state index is 0.0158. The second-order valence-corrected chi connectivity index (χ2v) is 5.49. The molecule has 0 aromatic heterocycles. The van der Waals surface area contributed by atoms with Crippen molar-refractivity contribution in [3.05, 3.63) is 35.6 Å². The van der Waals surface area contributed by atoms with Crippen LogP contribution in [0.15, 0.2) is 24.3 Å². The molecule has 1 aromatic rings. The predicted octanol–water partition coefficient (Wildman–Crippen LogP) is 2.02. The molecule has 1 fully saturated rings. The fourth-order valence-corrected chi connectivity index (χ4v) is 2.50. The van der Waals surface area contributed by atoms with E-state index in [1.807, 2.05) is 6.92 Å². The van der Waals surface area contributed by atoms with Gasteiger partial charge in [0.25, 0.3) is 0 Å². The van der Waals surface area contributed by atoms with E-state index in [-0.39, 0.29) is 29.7 Å². The normalized spacial score (nSPS) is 23.0. The van der Waals surface area contributed by atoms with Gasteiger partial charge in [0.1, 0.15) is 5.82 Å². The first-order valence-electron chi connectivity index (χ1n) is 7.48. The lowest BCUT2D eigenvalue weighted by Gasteiger charge is -2.21. The Morgan fingerprint density at radius 1 is 1.38 bits per heavy atom. The van der Waals surface area contributed by atoms with Crippen molar-refractivity contribution in [3.8, 4) is 0 Å².